The van der Waals surface area contributed by atoms with E-state index >= 15 is 0 Å². The number of carbonyl (C=O) groups is 1. The lowest BCUT2D eigenvalue weighted by atomic mass is 10.3. The molecule has 0 bridgehead atoms. The van der Waals surface area contributed by atoms with Gasteiger partial charge in [-0.3, -0.25) is 4.79 Å². The summed E-state index contributed by atoms with van der Waals surface area (Å²) < 4.78 is 7.63. The quantitative estimate of drug-likeness (QED) is 0.864. The Labute approximate surface area is 118 Å². The molecule has 6 nitrogen and oxygen atoms in total. The number of halogens is 1. The van der Waals surface area contributed by atoms with Gasteiger partial charge in [0, 0.05) is 20.0 Å². The van der Waals surface area contributed by atoms with Crippen LogP contribution in [0.4, 0.5) is 0 Å². The van der Waals surface area contributed by atoms with Crippen molar-refractivity contribution in [1.82, 2.24) is 19.7 Å². The third kappa shape index (κ3) is 2.18. The van der Waals surface area contributed by atoms with Gasteiger partial charge in [0.15, 0.2) is 10.5 Å². The van der Waals surface area contributed by atoms with Gasteiger partial charge in [-0.1, -0.05) is 0 Å². The number of carbonyl (C=O) groups excluding carboxylic acids is 1. The van der Waals surface area contributed by atoms with Crippen LogP contribution in [0, 0.1) is 0 Å². The van der Waals surface area contributed by atoms with Crippen molar-refractivity contribution in [1.29, 1.82) is 0 Å². The first-order valence-electron chi connectivity index (χ1n) is 6.06. The monoisotopic (exact) mass is 324 g/mol. The zero-order valence-corrected chi connectivity index (χ0v) is 12.1. The summed E-state index contributed by atoms with van der Waals surface area (Å²) in [5, 5.41) is 8.28. The molecular formula is C12H13BrN4O2. The van der Waals surface area contributed by atoms with E-state index in [2.05, 4.69) is 30.7 Å². The zero-order chi connectivity index (χ0) is 13.4. The molecule has 0 spiro atoms. The van der Waals surface area contributed by atoms with Crippen molar-refractivity contribution in [2.45, 2.75) is 25.9 Å². The first-order chi connectivity index (χ1) is 9.16. The molecular weight excluding hydrogens is 312 g/mol. The van der Waals surface area contributed by atoms with Crippen molar-refractivity contribution in [2.24, 2.45) is 0 Å². The van der Waals surface area contributed by atoms with Gasteiger partial charge in [-0.2, -0.15) is 0 Å². The average molecular weight is 325 g/mol. The van der Waals surface area contributed by atoms with Crippen molar-refractivity contribution in [3.05, 3.63) is 34.2 Å². The third-order valence-corrected chi connectivity index (χ3v) is 3.87. The Hall–Kier alpha value is -1.63. The van der Waals surface area contributed by atoms with E-state index in [1.54, 1.807) is 18.0 Å². The second-order valence-electron chi connectivity index (χ2n) is 4.56. The number of rotatable bonds is 3. The maximum atomic E-state index is 12.2. The summed E-state index contributed by atoms with van der Waals surface area (Å²) in [6.45, 7) is 1.39. The summed E-state index contributed by atoms with van der Waals surface area (Å²) >= 11 is 3.22. The highest BCUT2D eigenvalue weighted by atomic mass is 79.9. The summed E-state index contributed by atoms with van der Waals surface area (Å²) in [6, 6.07) is 1.65. The average Bonchev–Trinajstić information content (AvgIpc) is 3.06. The Kier molecular flexibility index (Phi) is 3.14. The number of aryl methyl sites for hydroxylation is 1. The Morgan fingerprint density at radius 1 is 1.58 bits per heavy atom. The van der Waals surface area contributed by atoms with Crippen LogP contribution in [-0.2, 0) is 19.5 Å². The topological polar surface area (TPSA) is 64.2 Å². The van der Waals surface area contributed by atoms with Gasteiger partial charge in [-0.05, 0) is 28.4 Å². The molecule has 2 aromatic rings. The van der Waals surface area contributed by atoms with E-state index < -0.39 is 0 Å². The third-order valence-electron chi connectivity index (χ3n) is 3.26. The summed E-state index contributed by atoms with van der Waals surface area (Å²) in [5.74, 6) is 1.75. The highest BCUT2D eigenvalue weighted by Gasteiger charge is 2.22. The molecule has 0 radical (unpaired) electrons. The molecule has 0 fully saturated rings. The summed E-state index contributed by atoms with van der Waals surface area (Å²) in [5.41, 5.74) is 0.517. The second-order valence-corrected chi connectivity index (χ2v) is 5.28. The van der Waals surface area contributed by atoms with Crippen LogP contribution in [0.3, 0.4) is 0 Å². The minimum absolute atomic E-state index is 0.101. The number of furan rings is 1. The lowest BCUT2D eigenvalue weighted by Gasteiger charge is -2.16. The molecule has 1 aliphatic rings. The van der Waals surface area contributed by atoms with Crippen LogP contribution in [0.2, 0.25) is 0 Å². The van der Waals surface area contributed by atoms with E-state index in [-0.39, 0.29) is 5.91 Å². The van der Waals surface area contributed by atoms with Gasteiger partial charge in [-0.15, -0.1) is 10.2 Å². The number of amides is 1. The van der Waals surface area contributed by atoms with E-state index in [1.807, 2.05) is 0 Å². The van der Waals surface area contributed by atoms with Gasteiger partial charge in [0.1, 0.15) is 5.82 Å². The fourth-order valence-electron chi connectivity index (χ4n) is 2.26. The highest BCUT2D eigenvalue weighted by Crippen LogP contribution is 2.20. The lowest BCUT2D eigenvalue weighted by molar-refractivity contribution is 0.0778. The van der Waals surface area contributed by atoms with Crippen molar-refractivity contribution in [2.75, 3.05) is 7.05 Å². The molecule has 7 heteroatoms. The van der Waals surface area contributed by atoms with E-state index in [1.165, 1.54) is 6.26 Å². The molecule has 0 saturated carbocycles. The molecule has 2 aromatic heterocycles. The maximum Gasteiger partial charge on any atom is 0.258 e. The largest absolute Gasteiger partial charge is 0.457 e. The molecule has 0 aromatic carbocycles. The van der Waals surface area contributed by atoms with Crippen LogP contribution in [0.1, 0.15) is 28.4 Å². The summed E-state index contributed by atoms with van der Waals surface area (Å²) in [7, 11) is 1.75. The normalized spacial score (nSPS) is 13.6. The molecule has 0 aliphatic carbocycles. The fourth-order valence-corrected chi connectivity index (χ4v) is 2.67. The summed E-state index contributed by atoms with van der Waals surface area (Å²) in [6.07, 6.45) is 3.56. The highest BCUT2D eigenvalue weighted by molar-refractivity contribution is 9.10. The van der Waals surface area contributed by atoms with Crippen LogP contribution in [0.5, 0.6) is 0 Å². The van der Waals surface area contributed by atoms with Crippen LogP contribution in [0.15, 0.2) is 21.4 Å². The van der Waals surface area contributed by atoms with Crippen molar-refractivity contribution in [3.63, 3.8) is 0 Å². The molecule has 0 atom stereocenters. The second kappa shape index (κ2) is 4.80. The number of hydrogen-bond donors (Lipinski definition) is 0. The van der Waals surface area contributed by atoms with Gasteiger partial charge >= 0.3 is 0 Å². The Morgan fingerprint density at radius 3 is 3.16 bits per heavy atom. The molecule has 0 unspecified atom stereocenters. The van der Waals surface area contributed by atoms with Crippen molar-refractivity contribution in [3.8, 4) is 0 Å². The Balaban J connectivity index is 1.76. The van der Waals surface area contributed by atoms with Crippen LogP contribution >= 0.6 is 15.9 Å². The molecule has 0 N–H and O–H groups in total. The minimum atomic E-state index is -0.101. The minimum Gasteiger partial charge on any atom is -0.457 e. The summed E-state index contributed by atoms with van der Waals surface area (Å²) in [4.78, 5) is 13.8. The van der Waals surface area contributed by atoms with E-state index in [4.69, 9.17) is 4.42 Å². The van der Waals surface area contributed by atoms with E-state index in [9.17, 15) is 4.79 Å². The molecule has 100 valence electrons. The van der Waals surface area contributed by atoms with Gasteiger partial charge in [0.2, 0.25) is 0 Å². The zero-order valence-electron chi connectivity index (χ0n) is 10.5. The van der Waals surface area contributed by atoms with Crippen LogP contribution in [-0.4, -0.2) is 32.6 Å². The molecule has 19 heavy (non-hydrogen) atoms. The Morgan fingerprint density at radius 2 is 2.42 bits per heavy atom. The van der Waals surface area contributed by atoms with Crippen molar-refractivity contribution >= 4 is 21.8 Å². The molecule has 1 amide bonds. The molecule has 3 heterocycles. The van der Waals surface area contributed by atoms with Crippen LogP contribution in [0.25, 0.3) is 0 Å². The molecule has 1 aliphatic heterocycles. The molecule has 3 rings (SSSR count). The van der Waals surface area contributed by atoms with Gasteiger partial charge in [-0.25, -0.2) is 0 Å². The van der Waals surface area contributed by atoms with Crippen LogP contribution < -0.4 is 0 Å². The fraction of sp³-hybridized carbons (Fsp3) is 0.417. The number of aromatic nitrogens is 3. The SMILES string of the molecule is CN(Cc1nnc2n1CCC2)C(=O)c1ccoc1Br. The first kappa shape index (κ1) is 12.4. The lowest BCUT2D eigenvalue weighted by Crippen LogP contribution is -2.27. The van der Waals surface area contributed by atoms with E-state index in [0.29, 0.717) is 16.8 Å². The predicted molar refractivity (Wildman–Crippen MR) is 70.5 cm³/mol. The molecule has 0 saturated heterocycles. The number of fused-ring (bicyclic) bond motifs is 1. The standard InChI is InChI=1S/C12H13BrN4O2/c1-16(12(18)8-4-6-19-11(8)13)7-10-15-14-9-3-2-5-17(9)10/h4,6H,2-3,5,7H2,1H3. The predicted octanol–water partition coefficient (Wildman–Crippen LogP) is 1.85. The van der Waals surface area contributed by atoms with E-state index in [0.717, 1.165) is 31.0 Å². The van der Waals surface area contributed by atoms with Gasteiger partial charge in [0.25, 0.3) is 5.91 Å². The smallest absolute Gasteiger partial charge is 0.258 e. The Bertz CT molecular complexity index is 619. The number of hydrogen-bond acceptors (Lipinski definition) is 4. The van der Waals surface area contributed by atoms with Gasteiger partial charge in [0.05, 0.1) is 18.4 Å². The number of nitrogens with zero attached hydrogens (tertiary/aromatic N) is 4. The van der Waals surface area contributed by atoms with Crippen molar-refractivity contribution < 1.29 is 9.21 Å². The van der Waals surface area contributed by atoms with Gasteiger partial charge < -0.3 is 13.9 Å². The maximum absolute atomic E-state index is 12.2. The first-order valence-corrected chi connectivity index (χ1v) is 6.85.